The summed E-state index contributed by atoms with van der Waals surface area (Å²) >= 11 is 2.52. The van der Waals surface area contributed by atoms with Gasteiger partial charge in [0.2, 0.25) is 4.69 Å². The molecule has 0 heterocycles. The third-order valence-corrected chi connectivity index (χ3v) is 1.95. The Hall–Kier alpha value is -0.590. The highest BCUT2D eigenvalue weighted by Crippen LogP contribution is 2.16. The molecular weight excluding hydrogens is 267 g/mol. The Bertz CT molecular complexity index is 240. The first-order chi connectivity index (χ1) is 6.16. The van der Waals surface area contributed by atoms with E-state index in [1.165, 1.54) is 13.8 Å². The monoisotopic (exact) mass is 275 g/mol. The fourth-order valence-corrected chi connectivity index (χ4v) is 1.35. The Kier molecular flexibility index (Phi) is 4.57. The minimum Gasteiger partial charge on any atom is -0.337 e. The SMILES string of the molecule is CC(C)[C@H](NC(=O)C(F)(F)F)C(=O)Br. The number of carbonyl (C=O) groups excluding carboxylic acids is 2. The number of nitrogens with one attached hydrogen (secondary N) is 1. The van der Waals surface area contributed by atoms with Crippen LogP contribution in [0.3, 0.4) is 0 Å². The average Bonchev–Trinajstić information content (AvgIpc) is 1.96. The van der Waals surface area contributed by atoms with E-state index in [4.69, 9.17) is 0 Å². The number of rotatable bonds is 3. The first-order valence-corrected chi connectivity index (χ1v) is 4.52. The van der Waals surface area contributed by atoms with Crippen LogP contribution < -0.4 is 5.32 Å². The maximum absolute atomic E-state index is 11.8. The largest absolute Gasteiger partial charge is 0.471 e. The molecule has 0 saturated carbocycles. The Morgan fingerprint density at radius 3 is 1.93 bits per heavy atom. The van der Waals surface area contributed by atoms with E-state index in [-0.39, 0.29) is 0 Å². The van der Waals surface area contributed by atoms with Gasteiger partial charge in [0.25, 0.3) is 0 Å². The molecule has 1 atom stereocenters. The first kappa shape index (κ1) is 13.4. The van der Waals surface area contributed by atoms with Crippen molar-refractivity contribution in [3.8, 4) is 0 Å². The number of halogens is 4. The fourth-order valence-electron chi connectivity index (χ4n) is 0.709. The average molecular weight is 276 g/mol. The van der Waals surface area contributed by atoms with Crippen molar-refractivity contribution in [1.82, 2.24) is 5.32 Å². The molecule has 0 aromatic carbocycles. The molecule has 0 aliphatic heterocycles. The zero-order valence-corrected chi connectivity index (χ0v) is 9.07. The minimum absolute atomic E-state index is 0.409. The molecule has 0 fully saturated rings. The lowest BCUT2D eigenvalue weighted by molar-refractivity contribution is -0.174. The van der Waals surface area contributed by atoms with Gasteiger partial charge in [-0.15, -0.1) is 0 Å². The van der Waals surface area contributed by atoms with Crippen molar-refractivity contribution in [2.45, 2.75) is 26.1 Å². The van der Waals surface area contributed by atoms with E-state index in [2.05, 4.69) is 15.9 Å². The van der Waals surface area contributed by atoms with Crippen LogP contribution in [0.4, 0.5) is 13.2 Å². The Balaban J connectivity index is 4.48. The summed E-state index contributed by atoms with van der Waals surface area (Å²) in [5, 5.41) is 1.60. The summed E-state index contributed by atoms with van der Waals surface area (Å²) < 4.78 is 34.7. The molecule has 0 aliphatic carbocycles. The lowest BCUT2D eigenvalue weighted by Gasteiger charge is -2.19. The van der Waals surface area contributed by atoms with Crippen molar-refractivity contribution in [2.24, 2.45) is 5.92 Å². The molecule has 0 saturated heterocycles. The molecule has 3 nitrogen and oxygen atoms in total. The van der Waals surface area contributed by atoms with Gasteiger partial charge in [-0.2, -0.15) is 13.2 Å². The van der Waals surface area contributed by atoms with Crippen LogP contribution in [0.25, 0.3) is 0 Å². The van der Waals surface area contributed by atoms with Crippen LogP contribution in [0.5, 0.6) is 0 Å². The number of amides is 1. The van der Waals surface area contributed by atoms with E-state index < -0.39 is 28.7 Å². The van der Waals surface area contributed by atoms with Crippen molar-refractivity contribution in [2.75, 3.05) is 0 Å². The van der Waals surface area contributed by atoms with Crippen molar-refractivity contribution in [1.29, 1.82) is 0 Å². The molecule has 0 unspecified atom stereocenters. The van der Waals surface area contributed by atoms with Crippen LogP contribution in [-0.2, 0) is 9.59 Å². The molecule has 0 bridgehead atoms. The molecule has 0 aliphatic rings. The van der Waals surface area contributed by atoms with E-state index >= 15 is 0 Å². The highest BCUT2D eigenvalue weighted by atomic mass is 79.9. The van der Waals surface area contributed by atoms with Gasteiger partial charge in [-0.1, -0.05) is 13.8 Å². The van der Waals surface area contributed by atoms with Crippen LogP contribution in [0.15, 0.2) is 0 Å². The maximum atomic E-state index is 11.8. The van der Waals surface area contributed by atoms with Gasteiger partial charge in [-0.3, -0.25) is 9.59 Å². The number of carbonyl (C=O) groups is 2. The van der Waals surface area contributed by atoms with Crippen LogP contribution in [0.2, 0.25) is 0 Å². The first-order valence-electron chi connectivity index (χ1n) is 3.73. The second-order valence-corrected chi connectivity index (χ2v) is 3.78. The summed E-state index contributed by atoms with van der Waals surface area (Å²) in [7, 11) is 0. The topological polar surface area (TPSA) is 46.2 Å². The molecule has 82 valence electrons. The molecule has 1 N–H and O–H groups in total. The summed E-state index contributed by atoms with van der Waals surface area (Å²) in [6.07, 6.45) is -4.96. The van der Waals surface area contributed by atoms with E-state index in [9.17, 15) is 22.8 Å². The van der Waals surface area contributed by atoms with Gasteiger partial charge in [-0.05, 0) is 21.8 Å². The van der Waals surface area contributed by atoms with Crippen LogP contribution in [0, 0.1) is 5.92 Å². The second kappa shape index (κ2) is 4.77. The van der Waals surface area contributed by atoms with E-state index in [0.29, 0.717) is 0 Å². The predicted molar refractivity (Wildman–Crippen MR) is 46.8 cm³/mol. The standard InChI is InChI=1S/C7H9BrF3NO2/c1-3(2)4(5(8)13)12-6(14)7(9,10)11/h3-4H,1-2H3,(H,12,14)/t4-/m0/s1. The van der Waals surface area contributed by atoms with E-state index in [0.717, 1.165) is 0 Å². The third-order valence-electron chi connectivity index (χ3n) is 1.46. The van der Waals surface area contributed by atoms with Crippen molar-refractivity contribution in [3.05, 3.63) is 0 Å². The minimum atomic E-state index is -4.96. The molecule has 14 heavy (non-hydrogen) atoms. The van der Waals surface area contributed by atoms with Gasteiger partial charge < -0.3 is 5.32 Å². The van der Waals surface area contributed by atoms with Crippen molar-refractivity contribution < 1.29 is 22.8 Å². The lowest BCUT2D eigenvalue weighted by Crippen LogP contribution is -2.48. The third kappa shape index (κ3) is 4.08. The maximum Gasteiger partial charge on any atom is 0.471 e. The van der Waals surface area contributed by atoms with Crippen LogP contribution in [0.1, 0.15) is 13.8 Å². The highest BCUT2D eigenvalue weighted by Gasteiger charge is 2.40. The Labute approximate surface area is 87.2 Å². The van der Waals surface area contributed by atoms with E-state index in [1.807, 2.05) is 0 Å². The van der Waals surface area contributed by atoms with Gasteiger partial charge in [0.15, 0.2) is 0 Å². The summed E-state index contributed by atoms with van der Waals surface area (Å²) in [4.78, 5) is 21.3. The Morgan fingerprint density at radius 1 is 1.29 bits per heavy atom. The number of hydrogen-bond donors (Lipinski definition) is 1. The molecule has 1 amide bonds. The quantitative estimate of drug-likeness (QED) is 0.796. The van der Waals surface area contributed by atoms with Crippen LogP contribution >= 0.6 is 15.9 Å². The van der Waals surface area contributed by atoms with Gasteiger partial charge >= 0.3 is 12.1 Å². The Morgan fingerprint density at radius 2 is 1.71 bits per heavy atom. The van der Waals surface area contributed by atoms with Crippen molar-refractivity contribution >= 4 is 26.5 Å². The van der Waals surface area contributed by atoms with Gasteiger partial charge in [0.1, 0.15) is 6.04 Å². The highest BCUT2D eigenvalue weighted by molar-refractivity contribution is 9.18. The molecule has 0 spiro atoms. The molecule has 0 radical (unpaired) electrons. The zero-order chi connectivity index (χ0) is 11.5. The number of hydrogen-bond acceptors (Lipinski definition) is 2. The molecule has 0 rings (SSSR count). The number of alkyl halides is 3. The smallest absolute Gasteiger partial charge is 0.337 e. The molecular formula is C7H9BrF3NO2. The summed E-state index contributed by atoms with van der Waals surface area (Å²) in [5.74, 6) is -2.52. The van der Waals surface area contributed by atoms with E-state index in [1.54, 1.807) is 5.32 Å². The zero-order valence-electron chi connectivity index (χ0n) is 7.48. The normalized spacial score (nSPS) is 13.9. The fraction of sp³-hybridized carbons (Fsp3) is 0.714. The van der Waals surface area contributed by atoms with Crippen molar-refractivity contribution in [3.63, 3.8) is 0 Å². The second-order valence-electron chi connectivity index (χ2n) is 3.00. The molecule has 0 aromatic rings. The van der Waals surface area contributed by atoms with Gasteiger partial charge in [0, 0.05) is 0 Å². The van der Waals surface area contributed by atoms with Gasteiger partial charge in [-0.25, -0.2) is 0 Å². The lowest BCUT2D eigenvalue weighted by atomic mass is 10.1. The summed E-state index contributed by atoms with van der Waals surface area (Å²) in [6, 6.07) is -1.16. The van der Waals surface area contributed by atoms with Crippen LogP contribution in [-0.4, -0.2) is 22.8 Å². The summed E-state index contributed by atoms with van der Waals surface area (Å²) in [5.41, 5.74) is 0. The van der Waals surface area contributed by atoms with Gasteiger partial charge in [0.05, 0.1) is 0 Å². The summed E-state index contributed by atoms with van der Waals surface area (Å²) in [6.45, 7) is 3.06. The molecule has 0 aromatic heterocycles. The molecule has 7 heteroatoms. The predicted octanol–water partition coefficient (Wildman–Crippen LogP) is 1.61.